The fourth-order valence-corrected chi connectivity index (χ4v) is 12.6. The smallest absolute Gasteiger partial charge is 0.0654 e. The van der Waals surface area contributed by atoms with Crippen LogP contribution in [-0.2, 0) is 40.1 Å². The van der Waals surface area contributed by atoms with Crippen molar-refractivity contribution < 1.29 is 19.1 Å². The van der Waals surface area contributed by atoms with Gasteiger partial charge in [-0.15, -0.1) is 0 Å². The van der Waals surface area contributed by atoms with Crippen molar-refractivity contribution in [1.82, 2.24) is 0 Å². The molecule has 446 valence electrons. The van der Waals surface area contributed by atoms with Crippen molar-refractivity contribution in [3.63, 3.8) is 0 Å². The second-order valence-electron chi connectivity index (χ2n) is 24.1. The maximum absolute atomic E-state index is 11.8. The van der Waals surface area contributed by atoms with Crippen LogP contribution in [-0.4, -0.2) is 4.70 Å². The van der Waals surface area contributed by atoms with Crippen molar-refractivity contribution in [2.75, 3.05) is 0 Å². The third kappa shape index (κ3) is 36.9. The molecule has 1 aliphatic heterocycles. The number of benzene rings is 2. The van der Waals surface area contributed by atoms with Crippen LogP contribution in [0.1, 0.15) is 371 Å². The van der Waals surface area contributed by atoms with Gasteiger partial charge in [-0.05, 0) is 111 Å². The number of hydrogen-bond donors (Lipinski definition) is 0. The van der Waals surface area contributed by atoms with E-state index in [1.54, 1.807) is 0 Å². The second kappa shape index (κ2) is 52.1. The van der Waals surface area contributed by atoms with Gasteiger partial charge in [-0.25, -0.2) is 4.70 Å². The Morgan fingerprint density at radius 3 is 0.818 bits per heavy atom. The molecular formula is C74H130N2Ni. The predicted molar refractivity (Wildman–Crippen MR) is 343 cm³/mol. The summed E-state index contributed by atoms with van der Waals surface area (Å²) in [6.45, 7) is 15.9. The monoisotopic (exact) mass is 1100 g/mol. The van der Waals surface area contributed by atoms with Gasteiger partial charge < -0.3 is 5.53 Å². The first kappa shape index (κ1) is 71.1. The standard InChI is InChI=1S/C36H52N2.2C19H39.Ni/c1-6-11-16-28-21-29(17-12-7-2)24-33(23-28)35-27-32(20-15-10-5)36(38(35)37)34-25-30(18-13-8-3)22-31(26-34)19-14-9-4;2*1-3-5-7-9-11-13-15-17-19-18-16-14-12-10-8-6-4-2;/h21-27H,6-20H2,1-5H3;2*1,3-19H2,2H3;. The average molecular weight is 1110 g/mol. The Bertz CT molecular complexity index is 1650. The van der Waals surface area contributed by atoms with Crippen LogP contribution in [0.2, 0.25) is 10.8 Å². The molecule has 1 heterocycles. The van der Waals surface area contributed by atoms with E-state index in [2.05, 4.69) is 90.9 Å². The summed E-state index contributed by atoms with van der Waals surface area (Å²) in [6, 6.07) is 14.1. The second-order valence-corrected chi connectivity index (χ2v) is 25.6. The van der Waals surface area contributed by atoms with Gasteiger partial charge in [-0.3, -0.25) is 0 Å². The summed E-state index contributed by atoms with van der Waals surface area (Å²) in [6.07, 6.45) is 69.8. The van der Waals surface area contributed by atoms with Crippen LogP contribution in [0.15, 0.2) is 48.0 Å². The molecular weight excluding hydrogens is 976 g/mol. The van der Waals surface area contributed by atoms with E-state index in [4.69, 9.17) is 0 Å². The van der Waals surface area contributed by atoms with E-state index in [9.17, 15) is 5.53 Å². The molecule has 1 aliphatic rings. The summed E-state index contributed by atoms with van der Waals surface area (Å²) in [7, 11) is 0. The van der Waals surface area contributed by atoms with Gasteiger partial charge in [0.1, 0.15) is 0 Å². The first-order valence-corrected chi connectivity index (χ1v) is 36.0. The average Bonchev–Trinajstić information content (AvgIpc) is 3.78. The zero-order valence-electron chi connectivity index (χ0n) is 52.8. The quantitative estimate of drug-likeness (QED) is 0.0358. The van der Waals surface area contributed by atoms with Gasteiger partial charge in [0, 0.05) is 22.8 Å². The van der Waals surface area contributed by atoms with Crippen LogP contribution < -0.4 is 0 Å². The minimum atomic E-state index is 0.941. The van der Waals surface area contributed by atoms with Crippen molar-refractivity contribution in [2.24, 2.45) is 0 Å². The SMILES string of the molecule is CCCCC1=C(c2cc(CCCC)cc(CCCC)c2)[N+](=[N-])C(c2cc(CCCC)cc(CCCC)c2)=C1.CCCCCCCCCCCCCCCCCC[CH2][Ni][CH2]CCCCCCCCCCCCCCCCCC. The molecule has 0 aliphatic carbocycles. The molecule has 2 aromatic carbocycles. The molecule has 3 heteroatoms. The van der Waals surface area contributed by atoms with E-state index in [0.29, 0.717) is 0 Å². The molecule has 0 fully saturated rings. The first-order chi connectivity index (χ1) is 38.0. The van der Waals surface area contributed by atoms with Gasteiger partial charge >= 0.3 is 166 Å². The number of unbranched alkanes of at least 4 members (excludes halogenated alkanes) is 37. The number of allylic oxidation sites excluding steroid dienone is 2. The molecule has 0 spiro atoms. The molecule has 0 atom stereocenters. The molecule has 0 saturated carbocycles. The fourth-order valence-electron chi connectivity index (χ4n) is 11.4. The molecule has 2 nitrogen and oxygen atoms in total. The molecule has 3 rings (SSSR count). The molecule has 0 radical (unpaired) electrons. The number of aryl methyl sites for hydroxylation is 4. The van der Waals surface area contributed by atoms with Gasteiger partial charge in [0.2, 0.25) is 11.4 Å². The van der Waals surface area contributed by atoms with Crippen LogP contribution in [0.3, 0.4) is 0 Å². The summed E-state index contributed by atoms with van der Waals surface area (Å²) in [4.78, 5) is 0. The van der Waals surface area contributed by atoms with Gasteiger partial charge in [-0.2, -0.15) is 0 Å². The molecule has 0 unspecified atom stereocenters. The maximum atomic E-state index is 11.8. The van der Waals surface area contributed by atoms with Crippen LogP contribution >= 0.6 is 0 Å². The van der Waals surface area contributed by atoms with E-state index in [1.165, 1.54) is 319 Å². The van der Waals surface area contributed by atoms with E-state index in [-0.39, 0.29) is 0 Å². The van der Waals surface area contributed by atoms with E-state index >= 15 is 0 Å². The number of rotatable bonds is 53. The Labute approximate surface area is 488 Å². The van der Waals surface area contributed by atoms with Crippen molar-refractivity contribution in [3.8, 4) is 0 Å². The molecule has 0 bridgehead atoms. The van der Waals surface area contributed by atoms with Crippen LogP contribution in [0.25, 0.3) is 16.9 Å². The van der Waals surface area contributed by atoms with E-state index in [1.807, 2.05) is 14.4 Å². The molecule has 0 saturated heterocycles. The van der Waals surface area contributed by atoms with Gasteiger partial charge in [0.15, 0.2) is 0 Å². The van der Waals surface area contributed by atoms with Crippen LogP contribution in [0, 0.1) is 0 Å². The third-order valence-electron chi connectivity index (χ3n) is 16.5. The Morgan fingerprint density at radius 1 is 0.286 bits per heavy atom. The fraction of sp³-hybridized carbons (Fsp3) is 0.784. The first-order valence-electron chi connectivity index (χ1n) is 34.6. The summed E-state index contributed by atoms with van der Waals surface area (Å²) in [5.74, 6) is 0. The van der Waals surface area contributed by atoms with Crippen molar-refractivity contribution in [2.45, 2.75) is 374 Å². The predicted octanol–water partition coefficient (Wildman–Crippen LogP) is 26.3. The minimum absolute atomic E-state index is 0.941. The minimum Gasteiger partial charge on any atom is -0.0654 e. The number of nitrogens with zero attached hydrogens (tertiary/aromatic N) is 2. The molecule has 0 aromatic heterocycles. The molecule has 2 aromatic rings. The molecule has 77 heavy (non-hydrogen) atoms. The summed E-state index contributed by atoms with van der Waals surface area (Å²) < 4.78 is 1.52. The van der Waals surface area contributed by atoms with Gasteiger partial charge in [0.05, 0.1) is 0 Å². The Hall–Kier alpha value is -1.99. The molecule has 0 N–H and O–H groups in total. The molecule has 0 amide bonds. The van der Waals surface area contributed by atoms with Crippen molar-refractivity contribution in [1.29, 1.82) is 0 Å². The summed E-state index contributed by atoms with van der Waals surface area (Å²) in [5, 5.41) is 2.87. The topological polar surface area (TPSA) is 25.3 Å². The van der Waals surface area contributed by atoms with Gasteiger partial charge in [-0.1, -0.05) is 170 Å². The van der Waals surface area contributed by atoms with E-state index in [0.717, 1.165) is 61.9 Å². The zero-order valence-corrected chi connectivity index (χ0v) is 53.8. The summed E-state index contributed by atoms with van der Waals surface area (Å²) >= 11 is 2.05. The Morgan fingerprint density at radius 2 is 0.532 bits per heavy atom. The summed E-state index contributed by atoms with van der Waals surface area (Å²) in [5.41, 5.74) is 23.0. The van der Waals surface area contributed by atoms with Gasteiger partial charge in [0.25, 0.3) is 0 Å². The Kier molecular flexibility index (Phi) is 48.1. The van der Waals surface area contributed by atoms with Crippen molar-refractivity contribution in [3.05, 3.63) is 87.0 Å². The zero-order chi connectivity index (χ0) is 55.5. The van der Waals surface area contributed by atoms with Crippen LogP contribution in [0.5, 0.6) is 0 Å². The normalized spacial score (nSPS) is 12.6. The van der Waals surface area contributed by atoms with Crippen molar-refractivity contribution >= 4 is 11.4 Å². The number of hydrogen-bond acceptors (Lipinski definition) is 0. The van der Waals surface area contributed by atoms with E-state index < -0.39 is 0 Å². The Balaban J connectivity index is 0.000000527. The third-order valence-corrected chi connectivity index (χ3v) is 17.9. The van der Waals surface area contributed by atoms with Crippen LogP contribution in [0.4, 0.5) is 0 Å².